The molecule has 0 aromatic carbocycles. The van der Waals surface area contributed by atoms with E-state index in [2.05, 4.69) is 32.3 Å². The van der Waals surface area contributed by atoms with Crippen LogP contribution in [0.5, 0.6) is 0 Å². The van der Waals surface area contributed by atoms with Gasteiger partial charge in [0.2, 0.25) is 0 Å². The standard InChI is InChI=1S/C15H33N5O/c1-4-19-10-12-20(13-11-19)9-8-18-15(16-3)17-7-6-14-21-5-2/h4-14H2,1-3H3,(H2,16,17,18). The van der Waals surface area contributed by atoms with E-state index < -0.39 is 0 Å². The highest BCUT2D eigenvalue weighted by Gasteiger charge is 2.14. The van der Waals surface area contributed by atoms with Gasteiger partial charge < -0.3 is 20.3 Å². The van der Waals surface area contributed by atoms with E-state index in [4.69, 9.17) is 4.74 Å². The van der Waals surface area contributed by atoms with Crippen LogP contribution in [0.25, 0.3) is 0 Å². The Kier molecular flexibility index (Phi) is 10.2. The summed E-state index contributed by atoms with van der Waals surface area (Å²) in [4.78, 5) is 9.26. The Bertz CT molecular complexity index is 277. The Hall–Kier alpha value is -0.850. The summed E-state index contributed by atoms with van der Waals surface area (Å²) in [7, 11) is 1.82. The fraction of sp³-hybridized carbons (Fsp3) is 0.933. The van der Waals surface area contributed by atoms with Gasteiger partial charge in [0.05, 0.1) is 0 Å². The lowest BCUT2D eigenvalue weighted by atomic mass is 10.3. The van der Waals surface area contributed by atoms with Crippen molar-refractivity contribution in [3.05, 3.63) is 0 Å². The first kappa shape index (κ1) is 18.2. The molecule has 1 rings (SSSR count). The molecule has 6 nitrogen and oxygen atoms in total. The lowest BCUT2D eigenvalue weighted by Gasteiger charge is -2.34. The Balaban J connectivity index is 2.04. The summed E-state index contributed by atoms with van der Waals surface area (Å²) in [5.74, 6) is 0.888. The Morgan fingerprint density at radius 1 is 1.05 bits per heavy atom. The summed E-state index contributed by atoms with van der Waals surface area (Å²) in [6.07, 6.45) is 1.01. The quantitative estimate of drug-likeness (QED) is 0.362. The topological polar surface area (TPSA) is 52.1 Å². The number of ether oxygens (including phenoxy) is 1. The van der Waals surface area contributed by atoms with E-state index >= 15 is 0 Å². The summed E-state index contributed by atoms with van der Waals surface area (Å²) in [5.41, 5.74) is 0. The van der Waals surface area contributed by atoms with E-state index in [-0.39, 0.29) is 0 Å². The number of nitrogens with zero attached hydrogens (tertiary/aromatic N) is 3. The normalized spacial score (nSPS) is 18.0. The minimum absolute atomic E-state index is 0.790. The molecule has 6 heteroatoms. The van der Waals surface area contributed by atoms with E-state index in [1.807, 2.05) is 14.0 Å². The third-order valence-electron chi connectivity index (χ3n) is 3.82. The lowest BCUT2D eigenvalue weighted by molar-refractivity contribution is 0.139. The van der Waals surface area contributed by atoms with Gasteiger partial charge in [0.25, 0.3) is 0 Å². The van der Waals surface area contributed by atoms with Crippen molar-refractivity contribution in [1.29, 1.82) is 0 Å². The largest absolute Gasteiger partial charge is 0.382 e. The van der Waals surface area contributed by atoms with Gasteiger partial charge in [-0.15, -0.1) is 0 Å². The monoisotopic (exact) mass is 299 g/mol. The molecule has 124 valence electrons. The van der Waals surface area contributed by atoms with Crippen LogP contribution in [0.3, 0.4) is 0 Å². The molecule has 0 bridgehead atoms. The minimum Gasteiger partial charge on any atom is -0.382 e. The number of piperazine rings is 1. The number of hydrogen-bond acceptors (Lipinski definition) is 4. The van der Waals surface area contributed by atoms with Crippen molar-refractivity contribution in [2.75, 3.05) is 72.6 Å². The molecular formula is C15H33N5O. The highest BCUT2D eigenvalue weighted by atomic mass is 16.5. The summed E-state index contributed by atoms with van der Waals surface area (Å²) in [6, 6.07) is 0. The maximum Gasteiger partial charge on any atom is 0.191 e. The summed E-state index contributed by atoms with van der Waals surface area (Å²) >= 11 is 0. The first-order chi connectivity index (χ1) is 10.3. The van der Waals surface area contributed by atoms with Crippen molar-refractivity contribution in [2.45, 2.75) is 20.3 Å². The van der Waals surface area contributed by atoms with Crippen LogP contribution in [-0.4, -0.2) is 88.4 Å². The average molecular weight is 299 g/mol. The molecule has 0 aromatic rings. The van der Waals surface area contributed by atoms with Gasteiger partial charge in [-0.25, -0.2) is 0 Å². The maximum atomic E-state index is 5.32. The van der Waals surface area contributed by atoms with Crippen LogP contribution in [0, 0.1) is 0 Å². The van der Waals surface area contributed by atoms with Crippen molar-refractivity contribution >= 4 is 5.96 Å². The molecule has 21 heavy (non-hydrogen) atoms. The van der Waals surface area contributed by atoms with Crippen molar-refractivity contribution in [3.63, 3.8) is 0 Å². The summed E-state index contributed by atoms with van der Waals surface area (Å²) < 4.78 is 5.32. The van der Waals surface area contributed by atoms with Crippen molar-refractivity contribution < 1.29 is 4.74 Å². The van der Waals surface area contributed by atoms with Crippen LogP contribution < -0.4 is 10.6 Å². The van der Waals surface area contributed by atoms with E-state index in [9.17, 15) is 0 Å². The molecule has 0 radical (unpaired) electrons. The number of guanidine groups is 1. The fourth-order valence-electron chi connectivity index (χ4n) is 2.41. The van der Waals surface area contributed by atoms with Gasteiger partial charge in [-0.3, -0.25) is 9.89 Å². The van der Waals surface area contributed by atoms with E-state index in [1.54, 1.807) is 0 Å². The summed E-state index contributed by atoms with van der Waals surface area (Å²) in [6.45, 7) is 14.7. The zero-order valence-corrected chi connectivity index (χ0v) is 14.0. The minimum atomic E-state index is 0.790. The van der Waals surface area contributed by atoms with Gasteiger partial charge in [0, 0.05) is 66.1 Å². The second kappa shape index (κ2) is 11.8. The van der Waals surface area contributed by atoms with Gasteiger partial charge in [0.1, 0.15) is 0 Å². The van der Waals surface area contributed by atoms with Gasteiger partial charge in [0.15, 0.2) is 5.96 Å². The van der Waals surface area contributed by atoms with Crippen molar-refractivity contribution in [3.8, 4) is 0 Å². The first-order valence-electron chi connectivity index (χ1n) is 8.27. The molecule has 0 saturated carbocycles. The molecular weight excluding hydrogens is 266 g/mol. The van der Waals surface area contributed by atoms with E-state index in [0.29, 0.717) is 0 Å². The molecule has 0 unspecified atom stereocenters. The highest BCUT2D eigenvalue weighted by Crippen LogP contribution is 1.99. The molecule has 0 aromatic heterocycles. The lowest BCUT2D eigenvalue weighted by Crippen LogP contribution is -2.49. The first-order valence-corrected chi connectivity index (χ1v) is 8.27. The molecule has 0 aliphatic carbocycles. The third-order valence-corrected chi connectivity index (χ3v) is 3.82. The number of hydrogen-bond donors (Lipinski definition) is 2. The Morgan fingerprint density at radius 3 is 2.33 bits per heavy atom. The van der Waals surface area contributed by atoms with E-state index in [1.165, 1.54) is 32.7 Å². The highest BCUT2D eigenvalue weighted by molar-refractivity contribution is 5.79. The molecule has 0 atom stereocenters. The molecule has 1 fully saturated rings. The zero-order chi connectivity index (χ0) is 15.3. The molecule has 0 amide bonds. The van der Waals surface area contributed by atoms with Crippen LogP contribution in [0.1, 0.15) is 20.3 Å². The molecule has 1 heterocycles. The van der Waals surface area contributed by atoms with Crippen LogP contribution in [0.15, 0.2) is 4.99 Å². The third kappa shape index (κ3) is 8.24. The van der Waals surface area contributed by atoms with Gasteiger partial charge in [-0.1, -0.05) is 6.92 Å². The molecule has 0 spiro atoms. The second-order valence-electron chi connectivity index (χ2n) is 5.25. The maximum absolute atomic E-state index is 5.32. The van der Waals surface area contributed by atoms with Gasteiger partial charge in [-0.05, 0) is 19.9 Å². The fourth-order valence-corrected chi connectivity index (χ4v) is 2.41. The second-order valence-corrected chi connectivity index (χ2v) is 5.25. The zero-order valence-electron chi connectivity index (χ0n) is 14.0. The Morgan fingerprint density at radius 2 is 1.71 bits per heavy atom. The molecule has 1 aliphatic rings. The SMILES string of the molecule is CCOCCCNC(=NC)NCCN1CCN(CC)CC1. The van der Waals surface area contributed by atoms with Crippen molar-refractivity contribution in [2.24, 2.45) is 4.99 Å². The van der Waals surface area contributed by atoms with Gasteiger partial charge in [-0.2, -0.15) is 0 Å². The van der Waals surface area contributed by atoms with Crippen LogP contribution in [0.4, 0.5) is 0 Å². The molecule has 1 aliphatic heterocycles. The van der Waals surface area contributed by atoms with Gasteiger partial charge >= 0.3 is 0 Å². The number of aliphatic imine (C=N–C) groups is 1. The predicted octanol–water partition coefficient (Wildman–Crippen LogP) is 0.216. The number of nitrogens with one attached hydrogen (secondary N) is 2. The van der Waals surface area contributed by atoms with Crippen molar-refractivity contribution in [1.82, 2.24) is 20.4 Å². The smallest absolute Gasteiger partial charge is 0.191 e. The molecule has 2 N–H and O–H groups in total. The molecule has 1 saturated heterocycles. The van der Waals surface area contributed by atoms with E-state index in [0.717, 1.165) is 45.2 Å². The van der Waals surface area contributed by atoms with Crippen LogP contribution in [0.2, 0.25) is 0 Å². The average Bonchev–Trinajstić information content (AvgIpc) is 2.53. The predicted molar refractivity (Wildman–Crippen MR) is 89.0 cm³/mol. The van der Waals surface area contributed by atoms with Crippen LogP contribution in [-0.2, 0) is 4.74 Å². The summed E-state index contributed by atoms with van der Waals surface area (Å²) in [5, 5.41) is 6.69. The number of rotatable bonds is 9. The Labute approximate surface area is 129 Å². The van der Waals surface area contributed by atoms with Crippen LogP contribution >= 0.6 is 0 Å². The number of likely N-dealkylation sites (N-methyl/N-ethyl adjacent to an activating group) is 1.